The van der Waals surface area contributed by atoms with E-state index in [9.17, 15) is 8.42 Å². The Bertz CT molecular complexity index is 802. The summed E-state index contributed by atoms with van der Waals surface area (Å²) in [6.45, 7) is 2.80. The lowest BCUT2D eigenvalue weighted by Gasteiger charge is -2.32. The number of halogens is 1. The first kappa shape index (κ1) is 18.1. The minimum Gasteiger partial charge on any atom is -0.367 e. The summed E-state index contributed by atoms with van der Waals surface area (Å²) >= 11 is 5.95. The van der Waals surface area contributed by atoms with E-state index >= 15 is 0 Å². The number of rotatable bonds is 5. The van der Waals surface area contributed by atoms with E-state index in [1.165, 1.54) is 0 Å². The third-order valence-electron chi connectivity index (χ3n) is 4.20. The molecule has 1 aromatic heterocycles. The molecule has 2 heterocycles. The van der Waals surface area contributed by atoms with Gasteiger partial charge in [-0.25, -0.2) is 22.7 Å². The van der Waals surface area contributed by atoms with Crippen molar-refractivity contribution in [2.75, 3.05) is 18.4 Å². The van der Waals surface area contributed by atoms with E-state index in [1.807, 2.05) is 30.3 Å². The minimum atomic E-state index is -3.29. The summed E-state index contributed by atoms with van der Waals surface area (Å²) in [6, 6.07) is 11.1. The Balaban J connectivity index is 1.57. The predicted octanol–water partition coefficient (Wildman–Crippen LogP) is 2.84. The molecule has 3 rings (SSSR count). The van der Waals surface area contributed by atoms with Gasteiger partial charge in [0.05, 0.1) is 5.75 Å². The van der Waals surface area contributed by atoms with Crippen molar-refractivity contribution in [1.29, 1.82) is 0 Å². The molecule has 0 aliphatic carbocycles. The number of piperidine rings is 1. The van der Waals surface area contributed by atoms with Crippen LogP contribution in [-0.4, -0.2) is 41.8 Å². The average Bonchev–Trinajstić information content (AvgIpc) is 2.55. The van der Waals surface area contributed by atoms with Crippen LogP contribution >= 0.6 is 11.6 Å². The molecule has 0 spiro atoms. The smallest absolute Gasteiger partial charge is 0.218 e. The Labute approximate surface area is 153 Å². The Hall–Kier alpha value is -1.70. The van der Waals surface area contributed by atoms with Crippen LogP contribution in [0.2, 0.25) is 5.15 Å². The normalized spacial score (nSPS) is 16.7. The molecule has 134 valence electrons. The van der Waals surface area contributed by atoms with Gasteiger partial charge in [-0.2, -0.15) is 0 Å². The van der Waals surface area contributed by atoms with Crippen LogP contribution < -0.4 is 5.32 Å². The lowest BCUT2D eigenvalue weighted by atomic mass is 10.1. The van der Waals surface area contributed by atoms with Gasteiger partial charge >= 0.3 is 0 Å². The molecule has 0 unspecified atom stereocenters. The van der Waals surface area contributed by atoms with Crippen molar-refractivity contribution in [2.45, 2.75) is 31.6 Å². The second-order valence-corrected chi connectivity index (χ2v) is 8.54. The van der Waals surface area contributed by atoms with Crippen LogP contribution in [0.3, 0.4) is 0 Å². The Morgan fingerprint density at radius 1 is 1.20 bits per heavy atom. The average molecular weight is 381 g/mol. The summed E-state index contributed by atoms with van der Waals surface area (Å²) in [5.74, 6) is 1.34. The van der Waals surface area contributed by atoms with Crippen molar-refractivity contribution in [3.8, 4) is 0 Å². The van der Waals surface area contributed by atoms with Gasteiger partial charge < -0.3 is 5.32 Å². The van der Waals surface area contributed by atoms with Crippen molar-refractivity contribution >= 4 is 27.4 Å². The van der Waals surface area contributed by atoms with E-state index in [-0.39, 0.29) is 11.8 Å². The molecule has 1 aliphatic heterocycles. The molecule has 0 bridgehead atoms. The van der Waals surface area contributed by atoms with E-state index in [2.05, 4.69) is 15.3 Å². The van der Waals surface area contributed by atoms with E-state index in [1.54, 1.807) is 17.3 Å². The van der Waals surface area contributed by atoms with Crippen LogP contribution in [0.1, 0.15) is 24.2 Å². The lowest BCUT2D eigenvalue weighted by Crippen LogP contribution is -2.42. The number of hydrogen-bond acceptors (Lipinski definition) is 5. The molecule has 0 amide bonds. The summed E-state index contributed by atoms with van der Waals surface area (Å²) in [4.78, 5) is 8.35. The van der Waals surface area contributed by atoms with Crippen molar-refractivity contribution in [3.63, 3.8) is 0 Å². The van der Waals surface area contributed by atoms with E-state index in [0.717, 1.165) is 18.4 Å². The van der Waals surface area contributed by atoms with E-state index in [4.69, 9.17) is 11.6 Å². The maximum Gasteiger partial charge on any atom is 0.218 e. The second-order valence-electron chi connectivity index (χ2n) is 6.18. The van der Waals surface area contributed by atoms with Gasteiger partial charge in [0.25, 0.3) is 0 Å². The zero-order valence-electron chi connectivity index (χ0n) is 14.0. The third kappa shape index (κ3) is 4.90. The number of sulfonamides is 1. The molecule has 1 aromatic carbocycles. The first-order valence-corrected chi connectivity index (χ1v) is 10.2. The first-order chi connectivity index (χ1) is 11.9. The summed E-state index contributed by atoms with van der Waals surface area (Å²) < 4.78 is 26.7. The van der Waals surface area contributed by atoms with E-state index < -0.39 is 10.0 Å². The molecule has 8 heteroatoms. The third-order valence-corrected chi connectivity index (χ3v) is 6.24. The summed E-state index contributed by atoms with van der Waals surface area (Å²) in [5, 5.41) is 3.73. The monoisotopic (exact) mass is 380 g/mol. The minimum absolute atomic E-state index is 0.0483. The lowest BCUT2D eigenvalue weighted by molar-refractivity contribution is 0.329. The highest BCUT2D eigenvalue weighted by Crippen LogP contribution is 2.21. The van der Waals surface area contributed by atoms with E-state index in [0.29, 0.717) is 29.9 Å². The maximum absolute atomic E-state index is 12.6. The van der Waals surface area contributed by atoms with Crippen LogP contribution in [0.5, 0.6) is 0 Å². The highest BCUT2D eigenvalue weighted by atomic mass is 35.5. The molecule has 0 saturated carbocycles. The topological polar surface area (TPSA) is 75.2 Å². The first-order valence-electron chi connectivity index (χ1n) is 8.22. The Morgan fingerprint density at radius 2 is 1.88 bits per heavy atom. The van der Waals surface area contributed by atoms with Crippen LogP contribution in [0.25, 0.3) is 0 Å². The van der Waals surface area contributed by atoms with Gasteiger partial charge in [-0.15, -0.1) is 0 Å². The summed E-state index contributed by atoms with van der Waals surface area (Å²) in [7, 11) is -3.29. The fraction of sp³-hybridized carbons (Fsp3) is 0.412. The fourth-order valence-electron chi connectivity index (χ4n) is 2.97. The van der Waals surface area contributed by atoms with Crippen molar-refractivity contribution in [1.82, 2.24) is 14.3 Å². The van der Waals surface area contributed by atoms with Crippen molar-refractivity contribution < 1.29 is 8.42 Å². The fourth-order valence-corrected chi connectivity index (χ4v) is 4.76. The van der Waals surface area contributed by atoms with Gasteiger partial charge in [0.2, 0.25) is 10.0 Å². The molecule has 1 N–H and O–H groups in total. The van der Waals surface area contributed by atoms with Gasteiger partial charge in [-0.05, 0) is 25.3 Å². The van der Waals surface area contributed by atoms with Gasteiger partial charge in [-0.1, -0.05) is 41.9 Å². The van der Waals surface area contributed by atoms with Crippen LogP contribution in [0.15, 0.2) is 36.4 Å². The second kappa shape index (κ2) is 7.68. The van der Waals surface area contributed by atoms with Gasteiger partial charge in [0.15, 0.2) is 0 Å². The molecule has 6 nitrogen and oxygen atoms in total. The van der Waals surface area contributed by atoms with Gasteiger partial charge in [0.1, 0.15) is 16.8 Å². The number of nitrogens with zero attached hydrogens (tertiary/aromatic N) is 3. The molecular weight excluding hydrogens is 360 g/mol. The van der Waals surface area contributed by atoms with Gasteiger partial charge in [-0.3, -0.25) is 0 Å². The molecule has 1 aliphatic rings. The van der Waals surface area contributed by atoms with Gasteiger partial charge in [0, 0.05) is 25.2 Å². The highest BCUT2D eigenvalue weighted by molar-refractivity contribution is 7.88. The quantitative estimate of drug-likeness (QED) is 0.807. The molecule has 0 atom stereocenters. The molecule has 25 heavy (non-hydrogen) atoms. The van der Waals surface area contributed by atoms with Crippen molar-refractivity contribution in [2.24, 2.45) is 0 Å². The standard InChI is InChI=1S/C17H21ClN4O2S/c1-13-19-16(18)11-17(20-13)21-15-7-9-22(10-8-15)25(23,24)12-14-5-3-2-4-6-14/h2-6,11,15H,7-10,12H2,1H3,(H,19,20,21). The number of anilines is 1. The molecule has 1 saturated heterocycles. The number of benzene rings is 1. The Morgan fingerprint density at radius 3 is 2.52 bits per heavy atom. The summed E-state index contributed by atoms with van der Waals surface area (Å²) in [5.41, 5.74) is 0.814. The largest absolute Gasteiger partial charge is 0.367 e. The molecule has 2 aromatic rings. The summed E-state index contributed by atoms with van der Waals surface area (Å²) in [6.07, 6.45) is 1.46. The number of aromatic nitrogens is 2. The predicted molar refractivity (Wildman–Crippen MR) is 99.1 cm³/mol. The highest BCUT2D eigenvalue weighted by Gasteiger charge is 2.28. The van der Waals surface area contributed by atoms with Crippen LogP contribution in [0.4, 0.5) is 5.82 Å². The molecule has 1 fully saturated rings. The van der Waals surface area contributed by atoms with Crippen molar-refractivity contribution in [3.05, 3.63) is 52.9 Å². The molecule has 0 radical (unpaired) electrons. The maximum atomic E-state index is 12.6. The zero-order chi connectivity index (χ0) is 17.9. The Kier molecular flexibility index (Phi) is 5.56. The molecular formula is C17H21ClN4O2S. The zero-order valence-corrected chi connectivity index (χ0v) is 15.6. The number of nitrogens with one attached hydrogen (secondary N) is 1. The SMILES string of the molecule is Cc1nc(Cl)cc(NC2CCN(S(=O)(=O)Cc3ccccc3)CC2)n1. The van der Waals surface area contributed by atoms with Crippen LogP contribution in [-0.2, 0) is 15.8 Å². The number of hydrogen-bond donors (Lipinski definition) is 1. The number of aryl methyl sites for hydroxylation is 1. The van der Waals surface area contributed by atoms with Crippen LogP contribution in [0, 0.1) is 6.92 Å².